The topological polar surface area (TPSA) is 15.0 Å². The molecule has 0 radical (unpaired) electrons. The summed E-state index contributed by atoms with van der Waals surface area (Å²) in [5.41, 5.74) is 0. The van der Waals surface area contributed by atoms with Crippen LogP contribution >= 0.6 is 7.81 Å². The Morgan fingerprint density at radius 3 is 1.21 bits per heavy atom. The summed E-state index contributed by atoms with van der Waals surface area (Å²) in [4.78, 5) is 0. The fourth-order valence-electron chi connectivity index (χ4n) is 0.224. The van der Waals surface area contributed by atoms with Crippen LogP contribution in [0.5, 0.6) is 0 Å². The van der Waals surface area contributed by atoms with E-state index in [1.54, 1.807) is 0 Å². The first-order valence-electron chi connectivity index (χ1n) is 3.38. The van der Waals surface area contributed by atoms with Crippen LogP contribution in [-0.2, 0) is 0 Å². The Bertz CT molecular complexity index is 210. The van der Waals surface area contributed by atoms with Crippen LogP contribution in [0, 0.1) is 0 Å². The Kier molecular flexibility index (Phi) is 4.06. The Morgan fingerprint density at radius 1 is 1.00 bits per heavy atom. The second-order valence-electron chi connectivity index (χ2n) is 2.69. The van der Waals surface area contributed by atoms with Gasteiger partial charge in [0.25, 0.3) is 0 Å². The first kappa shape index (κ1) is 15.9. The van der Waals surface area contributed by atoms with Gasteiger partial charge >= 0.3 is 33.0 Å². The molecule has 0 spiro atoms. The van der Waals surface area contributed by atoms with Gasteiger partial charge in [-0.05, 0) is 0 Å². The van der Waals surface area contributed by atoms with Crippen molar-refractivity contribution >= 4 is 13.6 Å². The van der Waals surface area contributed by atoms with Gasteiger partial charge in [-0.2, -0.15) is 0 Å². The first-order chi connectivity index (χ1) is 5.63. The SMILES string of the molecule is CNC(C)=[N+](C)C.F[P-](F)(F)(F)(F)F. The third-order valence-electron chi connectivity index (χ3n) is 1.03. The molecule has 0 aliphatic heterocycles. The zero-order valence-corrected chi connectivity index (χ0v) is 9.06. The van der Waals surface area contributed by atoms with Crippen molar-refractivity contribution in [3.8, 4) is 0 Å². The summed E-state index contributed by atoms with van der Waals surface area (Å²) in [6.45, 7) is 2.03. The van der Waals surface area contributed by atoms with Gasteiger partial charge in [-0.25, -0.2) is 0 Å². The van der Waals surface area contributed by atoms with E-state index in [0.717, 1.165) is 0 Å². The normalized spacial score (nSPS) is 15.6. The molecule has 0 saturated heterocycles. The molecule has 0 saturated carbocycles. The van der Waals surface area contributed by atoms with Crippen LogP contribution in [0.2, 0.25) is 0 Å². The maximum atomic E-state index is 9.87. The number of hydrogen-bond donors (Lipinski definition) is 1. The molecule has 90 valence electrons. The molecule has 0 aromatic heterocycles. The molecule has 9 heteroatoms. The second kappa shape index (κ2) is 3.56. The first-order valence-corrected chi connectivity index (χ1v) is 5.41. The van der Waals surface area contributed by atoms with Gasteiger partial charge in [-0.3, -0.25) is 9.89 Å². The quantitative estimate of drug-likeness (QED) is 0.228. The number of hydrogen-bond acceptors (Lipinski definition) is 0. The summed E-state index contributed by atoms with van der Waals surface area (Å²) in [7, 11) is -4.73. The van der Waals surface area contributed by atoms with E-state index in [0.29, 0.717) is 0 Å². The van der Waals surface area contributed by atoms with Gasteiger partial charge < -0.3 is 0 Å². The molecule has 0 rings (SSSR count). The molecule has 0 aliphatic rings. The number of halogens is 6. The van der Waals surface area contributed by atoms with Crippen LogP contribution in [0.1, 0.15) is 6.92 Å². The molecule has 0 bridgehead atoms. The number of nitrogens with one attached hydrogen (secondary N) is 1. The van der Waals surface area contributed by atoms with E-state index in [1.807, 2.05) is 32.6 Å². The molecule has 0 fully saturated rings. The maximum absolute atomic E-state index is 10.7. The zero-order chi connectivity index (χ0) is 12.3. The summed E-state index contributed by atoms with van der Waals surface area (Å²) >= 11 is 0. The van der Waals surface area contributed by atoms with E-state index in [4.69, 9.17) is 0 Å². The standard InChI is InChI=1S/C5H12N2.F6P/c1-5(6-2)7(3)4;1-7(2,3,4,5)6/h1-4H3;/q;-1/p+1. The van der Waals surface area contributed by atoms with Gasteiger partial charge in [-0.1, -0.05) is 0 Å². The van der Waals surface area contributed by atoms with Crippen LogP contribution in [0.3, 0.4) is 0 Å². The Hall–Kier alpha value is -0.520. The van der Waals surface area contributed by atoms with Crippen LogP contribution in [-0.4, -0.2) is 31.6 Å². The van der Waals surface area contributed by atoms with Crippen molar-refractivity contribution in [2.75, 3.05) is 21.1 Å². The van der Waals surface area contributed by atoms with Crippen molar-refractivity contribution in [1.29, 1.82) is 0 Å². The van der Waals surface area contributed by atoms with Crippen LogP contribution in [0.4, 0.5) is 25.2 Å². The Labute approximate surface area is 77.8 Å². The average Bonchev–Trinajstić information content (AvgIpc) is 1.78. The van der Waals surface area contributed by atoms with Crippen molar-refractivity contribution < 1.29 is 29.8 Å². The third kappa shape index (κ3) is 42.0. The van der Waals surface area contributed by atoms with E-state index >= 15 is 0 Å². The third-order valence-corrected chi connectivity index (χ3v) is 1.03. The number of nitrogens with zero attached hydrogens (tertiary/aromatic N) is 1. The van der Waals surface area contributed by atoms with Crippen LogP contribution < -0.4 is 5.32 Å². The van der Waals surface area contributed by atoms with Gasteiger partial charge in [0, 0.05) is 6.92 Å². The molecule has 0 atom stereocenters. The van der Waals surface area contributed by atoms with Gasteiger partial charge in [0.15, 0.2) is 0 Å². The van der Waals surface area contributed by atoms with Gasteiger partial charge in [-0.15, -0.1) is 0 Å². The molecular formula is C5H13F6N2P. The van der Waals surface area contributed by atoms with E-state index < -0.39 is 7.81 Å². The minimum atomic E-state index is -10.7. The number of amidine groups is 1. The van der Waals surface area contributed by atoms with Gasteiger partial charge in [0.1, 0.15) is 0 Å². The minimum absolute atomic E-state index is 1.18. The summed E-state index contributed by atoms with van der Waals surface area (Å²) < 4.78 is 61.2. The second-order valence-corrected chi connectivity index (χ2v) is 4.60. The summed E-state index contributed by atoms with van der Waals surface area (Å²) in [6, 6.07) is 0. The summed E-state index contributed by atoms with van der Waals surface area (Å²) in [6.07, 6.45) is 0. The molecule has 14 heavy (non-hydrogen) atoms. The van der Waals surface area contributed by atoms with Crippen LogP contribution in [0.25, 0.3) is 0 Å². The molecule has 0 aromatic rings. The Balaban J connectivity index is 0. The van der Waals surface area contributed by atoms with E-state index in [-0.39, 0.29) is 0 Å². The van der Waals surface area contributed by atoms with E-state index in [9.17, 15) is 25.2 Å². The van der Waals surface area contributed by atoms with Crippen molar-refractivity contribution in [3.05, 3.63) is 0 Å². The average molecular weight is 246 g/mol. The molecule has 0 unspecified atom stereocenters. The fourth-order valence-corrected chi connectivity index (χ4v) is 0.224. The molecule has 0 heterocycles. The summed E-state index contributed by atoms with van der Waals surface area (Å²) in [5, 5.41) is 3.01. The van der Waals surface area contributed by atoms with Crippen LogP contribution in [0.15, 0.2) is 0 Å². The van der Waals surface area contributed by atoms with Gasteiger partial charge in [0.05, 0.1) is 21.1 Å². The zero-order valence-electron chi connectivity index (χ0n) is 8.16. The predicted octanol–water partition coefficient (Wildman–Crippen LogP) is 3.28. The van der Waals surface area contributed by atoms with Gasteiger partial charge in [0.2, 0.25) is 5.84 Å². The van der Waals surface area contributed by atoms with Crippen molar-refractivity contribution in [2.45, 2.75) is 6.92 Å². The molecule has 1 N–H and O–H groups in total. The molecule has 0 aromatic carbocycles. The van der Waals surface area contributed by atoms with E-state index in [2.05, 4.69) is 5.32 Å². The molecule has 0 amide bonds. The fraction of sp³-hybridized carbons (Fsp3) is 0.800. The van der Waals surface area contributed by atoms with Crippen molar-refractivity contribution in [2.24, 2.45) is 0 Å². The summed E-state index contributed by atoms with van der Waals surface area (Å²) in [5.74, 6) is 1.18. The molecule has 0 aliphatic carbocycles. The molecular weight excluding hydrogens is 233 g/mol. The van der Waals surface area contributed by atoms with Crippen molar-refractivity contribution in [1.82, 2.24) is 5.32 Å². The predicted molar refractivity (Wildman–Crippen MR) is 45.4 cm³/mol. The molecule has 2 nitrogen and oxygen atoms in total. The monoisotopic (exact) mass is 246 g/mol. The number of rotatable bonds is 0. The van der Waals surface area contributed by atoms with Crippen molar-refractivity contribution in [3.63, 3.8) is 0 Å². The Morgan fingerprint density at radius 2 is 1.21 bits per heavy atom. The van der Waals surface area contributed by atoms with E-state index in [1.165, 1.54) is 5.84 Å².